The smallest absolute Gasteiger partial charge is 0.237 e. The zero-order chi connectivity index (χ0) is 19.3. The van der Waals surface area contributed by atoms with Crippen molar-refractivity contribution in [3.05, 3.63) is 18.0 Å². The average molecular weight is 384 g/mol. The van der Waals surface area contributed by atoms with Gasteiger partial charge >= 0.3 is 0 Å². The summed E-state index contributed by atoms with van der Waals surface area (Å²) < 4.78 is 0. The van der Waals surface area contributed by atoms with Gasteiger partial charge in [-0.15, -0.1) is 0 Å². The van der Waals surface area contributed by atoms with E-state index in [-0.39, 0.29) is 17.5 Å². The Morgan fingerprint density at radius 3 is 2.57 bits per heavy atom. The Morgan fingerprint density at radius 2 is 1.93 bits per heavy atom. The van der Waals surface area contributed by atoms with Crippen molar-refractivity contribution in [2.45, 2.75) is 75.8 Å². The molecule has 0 spiro atoms. The van der Waals surface area contributed by atoms with Gasteiger partial charge in [0.2, 0.25) is 11.9 Å². The van der Waals surface area contributed by atoms with Gasteiger partial charge in [-0.1, -0.05) is 0 Å². The second-order valence-corrected chi connectivity index (χ2v) is 10.0. The number of aromatic nitrogens is 2. The average Bonchev–Trinajstić information content (AvgIpc) is 2.66. The van der Waals surface area contributed by atoms with Crippen molar-refractivity contribution in [1.29, 1.82) is 0 Å². The van der Waals surface area contributed by atoms with Crippen molar-refractivity contribution in [2.24, 2.45) is 17.8 Å². The van der Waals surface area contributed by atoms with Crippen LogP contribution in [0.1, 0.15) is 69.9 Å². The van der Waals surface area contributed by atoms with Crippen molar-refractivity contribution in [3.63, 3.8) is 0 Å². The molecule has 2 unspecified atom stereocenters. The normalized spacial score (nSPS) is 38.3. The number of carbonyl (C=O) groups is 1. The van der Waals surface area contributed by atoms with Gasteiger partial charge in [-0.3, -0.25) is 9.69 Å². The predicted molar refractivity (Wildman–Crippen MR) is 109 cm³/mol. The first-order chi connectivity index (χ1) is 13.5. The number of piperidine rings is 1. The molecule has 2 heterocycles. The molecule has 152 valence electrons. The first-order valence-electron chi connectivity index (χ1n) is 11.1. The largest absolute Gasteiger partial charge is 0.368 e. The standard InChI is InChI=1S/C22H33N5O/c1-14(27-6-2-3-18(13-27)19-4-5-24-21(23)25-19)20(28)26-22-10-15-7-16(11-22)9-17(8-15)12-22/h4-5,14-18H,2-3,6-13H2,1H3,(H,26,28)(H2,23,24,25). The van der Waals surface area contributed by atoms with Crippen molar-refractivity contribution in [3.8, 4) is 0 Å². The van der Waals surface area contributed by atoms with Crippen LogP contribution in [0.2, 0.25) is 0 Å². The molecule has 6 nitrogen and oxygen atoms in total. The number of hydrogen-bond acceptors (Lipinski definition) is 5. The van der Waals surface area contributed by atoms with Crippen LogP contribution in [0.15, 0.2) is 12.3 Å². The van der Waals surface area contributed by atoms with Crippen LogP contribution in [0.25, 0.3) is 0 Å². The molecule has 5 fully saturated rings. The number of hydrogen-bond donors (Lipinski definition) is 2. The van der Waals surface area contributed by atoms with Gasteiger partial charge in [0.25, 0.3) is 0 Å². The lowest BCUT2D eigenvalue weighted by atomic mass is 9.53. The predicted octanol–water partition coefficient (Wildman–Crippen LogP) is 2.71. The van der Waals surface area contributed by atoms with Crippen molar-refractivity contribution >= 4 is 11.9 Å². The summed E-state index contributed by atoms with van der Waals surface area (Å²) >= 11 is 0. The summed E-state index contributed by atoms with van der Waals surface area (Å²) in [6.07, 6.45) is 11.8. The quantitative estimate of drug-likeness (QED) is 0.835. The maximum absolute atomic E-state index is 13.2. The molecule has 1 amide bonds. The molecular weight excluding hydrogens is 350 g/mol. The third kappa shape index (κ3) is 3.40. The van der Waals surface area contributed by atoms with Gasteiger partial charge in [0.05, 0.1) is 11.7 Å². The first-order valence-corrected chi connectivity index (χ1v) is 11.1. The Hall–Kier alpha value is -1.69. The summed E-state index contributed by atoms with van der Waals surface area (Å²) in [5.74, 6) is 3.44. The fourth-order valence-electron chi connectivity index (χ4n) is 7.01. The fraction of sp³-hybridized carbons (Fsp3) is 0.773. The van der Waals surface area contributed by atoms with E-state index in [0.717, 1.165) is 49.4 Å². The molecule has 1 aliphatic heterocycles. The van der Waals surface area contributed by atoms with Crippen LogP contribution < -0.4 is 11.1 Å². The highest BCUT2D eigenvalue weighted by Crippen LogP contribution is 2.55. The molecule has 4 saturated carbocycles. The molecule has 2 atom stereocenters. The minimum Gasteiger partial charge on any atom is -0.368 e. The molecule has 4 aliphatic carbocycles. The zero-order valence-electron chi connectivity index (χ0n) is 16.9. The Balaban J connectivity index is 1.24. The van der Waals surface area contributed by atoms with Crippen molar-refractivity contribution < 1.29 is 4.79 Å². The van der Waals surface area contributed by atoms with E-state index >= 15 is 0 Å². The van der Waals surface area contributed by atoms with E-state index < -0.39 is 0 Å². The topological polar surface area (TPSA) is 84.1 Å². The summed E-state index contributed by atoms with van der Waals surface area (Å²) in [4.78, 5) is 24.0. The number of rotatable bonds is 4. The van der Waals surface area contributed by atoms with Crippen LogP contribution in [0.3, 0.4) is 0 Å². The lowest BCUT2D eigenvalue weighted by Crippen LogP contribution is -2.62. The van der Waals surface area contributed by atoms with E-state index in [0.29, 0.717) is 11.9 Å². The maximum atomic E-state index is 13.2. The molecule has 1 aromatic rings. The van der Waals surface area contributed by atoms with Gasteiger partial charge in [-0.25, -0.2) is 9.97 Å². The summed E-state index contributed by atoms with van der Waals surface area (Å²) in [6.45, 7) is 3.92. The molecule has 28 heavy (non-hydrogen) atoms. The number of nitrogen functional groups attached to an aromatic ring is 1. The molecule has 0 radical (unpaired) electrons. The number of likely N-dealkylation sites (tertiary alicyclic amines) is 1. The number of nitrogens with two attached hydrogens (primary N) is 1. The highest BCUT2D eigenvalue weighted by Gasteiger charge is 2.51. The Kier molecular flexibility index (Phi) is 4.57. The lowest BCUT2D eigenvalue weighted by Gasteiger charge is -2.57. The summed E-state index contributed by atoms with van der Waals surface area (Å²) in [7, 11) is 0. The molecule has 6 heteroatoms. The monoisotopic (exact) mass is 383 g/mol. The summed E-state index contributed by atoms with van der Waals surface area (Å²) in [5.41, 5.74) is 6.87. The number of amides is 1. The van der Waals surface area contributed by atoms with Gasteiger partial charge in [0.15, 0.2) is 0 Å². The molecule has 3 N–H and O–H groups in total. The van der Waals surface area contributed by atoms with Crippen LogP contribution in [-0.2, 0) is 4.79 Å². The molecule has 6 rings (SSSR count). The molecule has 4 bridgehead atoms. The van der Waals surface area contributed by atoms with Crippen LogP contribution in [-0.4, -0.2) is 45.4 Å². The van der Waals surface area contributed by atoms with Crippen molar-refractivity contribution in [2.75, 3.05) is 18.8 Å². The van der Waals surface area contributed by atoms with E-state index in [4.69, 9.17) is 5.73 Å². The van der Waals surface area contributed by atoms with Crippen molar-refractivity contribution in [1.82, 2.24) is 20.2 Å². The number of nitrogens with one attached hydrogen (secondary N) is 1. The number of carbonyl (C=O) groups excluding carboxylic acids is 1. The Labute approximate surface area is 167 Å². The minimum absolute atomic E-state index is 0.0880. The third-order valence-electron chi connectivity index (χ3n) is 7.92. The highest BCUT2D eigenvalue weighted by atomic mass is 16.2. The summed E-state index contributed by atoms with van der Waals surface area (Å²) in [6, 6.07) is 1.88. The number of anilines is 1. The van der Waals surface area contributed by atoms with Gasteiger partial charge in [0, 0.05) is 24.2 Å². The van der Waals surface area contributed by atoms with Gasteiger partial charge in [-0.2, -0.15) is 0 Å². The van der Waals surface area contributed by atoms with Gasteiger partial charge in [0.1, 0.15) is 0 Å². The zero-order valence-corrected chi connectivity index (χ0v) is 16.9. The highest BCUT2D eigenvalue weighted by molar-refractivity contribution is 5.82. The molecule has 1 saturated heterocycles. The first kappa shape index (κ1) is 18.3. The van der Waals surface area contributed by atoms with Crippen LogP contribution >= 0.6 is 0 Å². The second kappa shape index (κ2) is 6.97. The maximum Gasteiger partial charge on any atom is 0.237 e. The fourth-order valence-corrected chi connectivity index (χ4v) is 7.01. The Bertz CT molecular complexity index is 715. The summed E-state index contributed by atoms with van der Waals surface area (Å²) in [5, 5.41) is 3.56. The second-order valence-electron chi connectivity index (χ2n) is 10.0. The number of nitrogens with zero attached hydrogens (tertiary/aromatic N) is 3. The van der Waals surface area contributed by atoms with E-state index in [1.807, 2.05) is 6.07 Å². The van der Waals surface area contributed by atoms with E-state index in [9.17, 15) is 4.79 Å². The van der Waals surface area contributed by atoms with Gasteiger partial charge < -0.3 is 11.1 Å². The van der Waals surface area contributed by atoms with Crippen LogP contribution in [0.4, 0.5) is 5.95 Å². The third-order valence-corrected chi connectivity index (χ3v) is 7.92. The van der Waals surface area contributed by atoms with E-state index in [1.165, 1.54) is 38.5 Å². The molecule has 5 aliphatic rings. The van der Waals surface area contributed by atoms with Crippen LogP contribution in [0.5, 0.6) is 0 Å². The molecule has 0 aromatic carbocycles. The van der Waals surface area contributed by atoms with Gasteiger partial charge in [-0.05, 0) is 88.7 Å². The molecule has 1 aromatic heterocycles. The molecular formula is C22H33N5O. The minimum atomic E-state index is -0.0880. The van der Waals surface area contributed by atoms with Crippen LogP contribution in [0, 0.1) is 17.8 Å². The lowest BCUT2D eigenvalue weighted by molar-refractivity contribution is -0.132. The van der Waals surface area contributed by atoms with E-state index in [1.54, 1.807) is 6.20 Å². The van der Waals surface area contributed by atoms with E-state index in [2.05, 4.69) is 27.1 Å². The Morgan fingerprint density at radius 1 is 1.25 bits per heavy atom. The SMILES string of the molecule is CC(C(=O)NC12CC3CC(CC(C3)C1)C2)N1CCCC(c2ccnc(N)n2)C1.